The summed E-state index contributed by atoms with van der Waals surface area (Å²) in [5, 5.41) is 8.20. The van der Waals surface area contributed by atoms with Crippen LogP contribution in [0, 0.1) is 11.3 Å². The van der Waals surface area contributed by atoms with E-state index in [1.54, 1.807) is 0 Å². The van der Waals surface area contributed by atoms with Crippen LogP contribution in [-0.4, -0.2) is 35.2 Å². The van der Waals surface area contributed by atoms with E-state index in [-0.39, 0.29) is 5.92 Å². The Bertz CT molecular complexity index is 567. The van der Waals surface area contributed by atoms with Crippen LogP contribution >= 0.6 is 0 Å². The number of ether oxygens (including phenoxy) is 1. The number of carbonyl (C=O) groups excluding carboxylic acids is 1. The minimum atomic E-state index is 0.210. The SMILES string of the molecule is CC(C)/C(=C/C(=N)C1=CCOCC1)c1ncc(C=O)[nH]1. The van der Waals surface area contributed by atoms with Gasteiger partial charge < -0.3 is 15.1 Å². The molecule has 0 saturated carbocycles. The molecule has 5 nitrogen and oxygen atoms in total. The van der Waals surface area contributed by atoms with E-state index < -0.39 is 0 Å². The van der Waals surface area contributed by atoms with Gasteiger partial charge >= 0.3 is 0 Å². The first-order valence-corrected chi connectivity index (χ1v) is 6.69. The van der Waals surface area contributed by atoms with Crippen LogP contribution in [0.2, 0.25) is 0 Å². The lowest BCUT2D eigenvalue weighted by Gasteiger charge is -2.14. The smallest absolute Gasteiger partial charge is 0.167 e. The number of aromatic nitrogens is 2. The van der Waals surface area contributed by atoms with Crippen LogP contribution in [0.3, 0.4) is 0 Å². The van der Waals surface area contributed by atoms with Crippen molar-refractivity contribution >= 4 is 17.6 Å². The molecule has 0 aliphatic carbocycles. The highest BCUT2D eigenvalue weighted by Gasteiger charge is 2.14. The topological polar surface area (TPSA) is 78.8 Å². The summed E-state index contributed by atoms with van der Waals surface area (Å²) in [4.78, 5) is 17.9. The maximum atomic E-state index is 10.7. The molecule has 1 aliphatic rings. The summed E-state index contributed by atoms with van der Waals surface area (Å²) in [7, 11) is 0. The Labute approximate surface area is 118 Å². The normalized spacial score (nSPS) is 16.1. The monoisotopic (exact) mass is 273 g/mol. The molecule has 2 heterocycles. The van der Waals surface area contributed by atoms with Crippen LogP contribution in [0.5, 0.6) is 0 Å². The first kappa shape index (κ1) is 14.4. The maximum Gasteiger partial charge on any atom is 0.167 e. The highest BCUT2D eigenvalue weighted by atomic mass is 16.5. The predicted molar refractivity (Wildman–Crippen MR) is 78.0 cm³/mol. The molecule has 0 atom stereocenters. The largest absolute Gasteiger partial charge is 0.377 e. The van der Waals surface area contributed by atoms with Crippen LogP contribution < -0.4 is 0 Å². The quantitative estimate of drug-likeness (QED) is 0.639. The number of imidazole rings is 1. The average Bonchev–Trinajstić information content (AvgIpc) is 2.93. The van der Waals surface area contributed by atoms with Crippen LogP contribution in [0.4, 0.5) is 0 Å². The Balaban J connectivity index is 2.27. The molecule has 2 rings (SSSR count). The minimum Gasteiger partial charge on any atom is -0.377 e. The van der Waals surface area contributed by atoms with Crippen LogP contribution in [0.25, 0.3) is 5.57 Å². The van der Waals surface area contributed by atoms with Gasteiger partial charge in [0.2, 0.25) is 0 Å². The van der Waals surface area contributed by atoms with Gasteiger partial charge in [0.15, 0.2) is 6.29 Å². The van der Waals surface area contributed by atoms with E-state index in [1.807, 2.05) is 26.0 Å². The second kappa shape index (κ2) is 6.43. The molecule has 0 aromatic carbocycles. The van der Waals surface area contributed by atoms with Crippen molar-refractivity contribution in [1.29, 1.82) is 5.41 Å². The number of hydrogen-bond acceptors (Lipinski definition) is 4. The highest BCUT2D eigenvalue weighted by molar-refractivity contribution is 6.10. The number of H-pyrrole nitrogens is 1. The van der Waals surface area contributed by atoms with Gasteiger partial charge in [0.05, 0.1) is 30.8 Å². The van der Waals surface area contributed by atoms with E-state index in [1.165, 1.54) is 6.20 Å². The molecule has 0 bridgehead atoms. The van der Waals surface area contributed by atoms with Crippen LogP contribution in [-0.2, 0) is 4.74 Å². The van der Waals surface area contributed by atoms with E-state index in [4.69, 9.17) is 10.1 Å². The van der Waals surface area contributed by atoms with E-state index in [0.29, 0.717) is 30.4 Å². The van der Waals surface area contributed by atoms with E-state index >= 15 is 0 Å². The Morgan fingerprint density at radius 1 is 1.55 bits per heavy atom. The third-order valence-electron chi connectivity index (χ3n) is 3.23. The van der Waals surface area contributed by atoms with Gasteiger partial charge in [-0.25, -0.2) is 4.98 Å². The van der Waals surface area contributed by atoms with Gasteiger partial charge in [0.25, 0.3) is 0 Å². The van der Waals surface area contributed by atoms with Gasteiger partial charge in [-0.05, 0) is 29.6 Å². The van der Waals surface area contributed by atoms with Crippen molar-refractivity contribution in [3.8, 4) is 0 Å². The second-order valence-corrected chi connectivity index (χ2v) is 5.03. The fraction of sp³-hybridized carbons (Fsp3) is 0.400. The van der Waals surface area contributed by atoms with Gasteiger partial charge in [0, 0.05) is 0 Å². The van der Waals surface area contributed by atoms with E-state index in [0.717, 1.165) is 23.9 Å². The van der Waals surface area contributed by atoms with Crippen molar-refractivity contribution in [3.05, 3.63) is 35.4 Å². The first-order chi connectivity index (χ1) is 9.61. The van der Waals surface area contributed by atoms with E-state index in [9.17, 15) is 4.79 Å². The van der Waals surface area contributed by atoms with Crippen molar-refractivity contribution in [3.63, 3.8) is 0 Å². The molecule has 2 N–H and O–H groups in total. The fourth-order valence-electron chi connectivity index (χ4n) is 2.07. The number of aromatic amines is 1. The minimum absolute atomic E-state index is 0.210. The van der Waals surface area contributed by atoms with Gasteiger partial charge in [-0.15, -0.1) is 0 Å². The lowest BCUT2D eigenvalue weighted by Crippen LogP contribution is -2.11. The molecule has 0 spiro atoms. The van der Waals surface area contributed by atoms with Gasteiger partial charge in [-0.1, -0.05) is 19.9 Å². The lowest BCUT2D eigenvalue weighted by atomic mass is 9.97. The molecular formula is C15H19N3O2. The molecule has 0 amide bonds. The fourth-order valence-corrected chi connectivity index (χ4v) is 2.07. The molecule has 0 radical (unpaired) electrons. The van der Waals surface area contributed by atoms with Crippen molar-refractivity contribution in [2.45, 2.75) is 20.3 Å². The number of hydrogen-bond donors (Lipinski definition) is 2. The first-order valence-electron chi connectivity index (χ1n) is 6.69. The van der Waals surface area contributed by atoms with Crippen molar-refractivity contribution in [2.75, 3.05) is 13.2 Å². The molecule has 0 fully saturated rings. The van der Waals surface area contributed by atoms with Crippen LogP contribution in [0.1, 0.15) is 36.6 Å². The summed E-state index contributed by atoms with van der Waals surface area (Å²) in [6, 6.07) is 0. The van der Waals surface area contributed by atoms with Crippen molar-refractivity contribution < 1.29 is 9.53 Å². The van der Waals surface area contributed by atoms with E-state index in [2.05, 4.69) is 9.97 Å². The molecular weight excluding hydrogens is 254 g/mol. The molecule has 1 aromatic heterocycles. The summed E-state index contributed by atoms with van der Waals surface area (Å²) in [5.41, 5.74) is 2.86. The average molecular weight is 273 g/mol. The lowest BCUT2D eigenvalue weighted by molar-refractivity contribution is 0.111. The maximum absolute atomic E-state index is 10.7. The van der Waals surface area contributed by atoms with Crippen molar-refractivity contribution in [2.24, 2.45) is 5.92 Å². The Morgan fingerprint density at radius 2 is 2.35 bits per heavy atom. The summed E-state index contributed by atoms with van der Waals surface area (Å²) >= 11 is 0. The number of nitrogens with one attached hydrogen (secondary N) is 2. The van der Waals surface area contributed by atoms with Crippen molar-refractivity contribution in [1.82, 2.24) is 9.97 Å². The Morgan fingerprint density at radius 3 is 2.90 bits per heavy atom. The molecule has 5 heteroatoms. The number of aldehydes is 1. The molecule has 1 aromatic rings. The predicted octanol–water partition coefficient (Wildman–Crippen LogP) is 2.63. The number of allylic oxidation sites excluding steroid dienone is 2. The van der Waals surface area contributed by atoms with Gasteiger partial charge in [0.1, 0.15) is 5.82 Å². The zero-order valence-corrected chi connectivity index (χ0v) is 11.8. The van der Waals surface area contributed by atoms with Gasteiger partial charge in [-0.3, -0.25) is 4.79 Å². The zero-order valence-electron chi connectivity index (χ0n) is 11.8. The van der Waals surface area contributed by atoms with Crippen LogP contribution in [0.15, 0.2) is 23.9 Å². The summed E-state index contributed by atoms with van der Waals surface area (Å²) in [6.07, 6.45) is 6.78. The molecule has 1 aliphatic heterocycles. The summed E-state index contributed by atoms with van der Waals surface area (Å²) < 4.78 is 5.25. The number of rotatable bonds is 5. The molecule has 0 unspecified atom stereocenters. The molecule has 20 heavy (non-hydrogen) atoms. The Kier molecular flexibility index (Phi) is 4.63. The highest BCUT2D eigenvalue weighted by Crippen LogP contribution is 2.22. The second-order valence-electron chi connectivity index (χ2n) is 5.03. The number of carbonyl (C=O) groups is 1. The standard InChI is InChI=1S/C15H19N3O2/c1-10(2)13(15-17-8-12(9-19)18-15)7-14(16)11-3-5-20-6-4-11/h3,7-10,16H,4-6H2,1-2H3,(H,17,18)/b13-7-,16-14?. The Hall–Kier alpha value is -2.01. The summed E-state index contributed by atoms with van der Waals surface area (Å²) in [6.45, 7) is 5.31. The molecule has 106 valence electrons. The number of nitrogens with zero attached hydrogens (tertiary/aromatic N) is 1. The summed E-state index contributed by atoms with van der Waals surface area (Å²) in [5.74, 6) is 0.862. The zero-order chi connectivity index (χ0) is 14.5. The third kappa shape index (κ3) is 3.30. The van der Waals surface area contributed by atoms with Gasteiger partial charge in [-0.2, -0.15) is 0 Å². The third-order valence-corrected chi connectivity index (χ3v) is 3.23. The molecule has 0 saturated heterocycles.